The first-order valence-electron chi connectivity index (χ1n) is 12.7. The van der Waals surface area contributed by atoms with E-state index in [1.54, 1.807) is 30.5 Å². The molecule has 1 saturated heterocycles. The SMILES string of the molecule is CCCCNc1ncc2c(-c3ccc(S(=O)(=O)N4CCOCC4)cc3)nn(C3CCC(=O)CC3)c2n1. The van der Waals surface area contributed by atoms with Gasteiger partial charge in [0.25, 0.3) is 0 Å². The molecule has 1 aliphatic heterocycles. The van der Waals surface area contributed by atoms with Crippen LogP contribution in [0.4, 0.5) is 5.95 Å². The summed E-state index contributed by atoms with van der Waals surface area (Å²) in [6.07, 6.45) is 6.43. The summed E-state index contributed by atoms with van der Waals surface area (Å²) in [5, 5.41) is 9.01. The molecular weight excluding hydrogens is 480 g/mol. The number of unbranched alkanes of at least 4 members (excludes halogenated alkanes) is 1. The van der Waals surface area contributed by atoms with Gasteiger partial charge >= 0.3 is 0 Å². The lowest BCUT2D eigenvalue weighted by atomic mass is 9.94. The molecule has 192 valence electrons. The number of ether oxygens (including phenoxy) is 1. The van der Waals surface area contributed by atoms with Crippen LogP contribution in [0.3, 0.4) is 0 Å². The fraction of sp³-hybridized carbons (Fsp3) is 0.520. The largest absolute Gasteiger partial charge is 0.379 e. The maximum absolute atomic E-state index is 13.0. The average molecular weight is 513 g/mol. The van der Waals surface area contributed by atoms with Gasteiger partial charge in [-0.15, -0.1) is 0 Å². The Kier molecular flexibility index (Phi) is 7.31. The van der Waals surface area contributed by atoms with Gasteiger partial charge in [-0.05, 0) is 31.4 Å². The number of hydrogen-bond acceptors (Lipinski definition) is 8. The van der Waals surface area contributed by atoms with Gasteiger partial charge in [-0.3, -0.25) is 4.79 Å². The summed E-state index contributed by atoms with van der Waals surface area (Å²) in [4.78, 5) is 21.4. The number of aromatic nitrogens is 4. The molecule has 0 radical (unpaired) electrons. The summed E-state index contributed by atoms with van der Waals surface area (Å²) >= 11 is 0. The number of morpholine rings is 1. The molecule has 2 aromatic heterocycles. The molecular formula is C25H32N6O4S. The average Bonchev–Trinajstić information content (AvgIpc) is 3.29. The molecule has 1 aliphatic carbocycles. The van der Waals surface area contributed by atoms with E-state index >= 15 is 0 Å². The van der Waals surface area contributed by atoms with Gasteiger partial charge in [0.15, 0.2) is 5.65 Å². The van der Waals surface area contributed by atoms with Gasteiger partial charge < -0.3 is 10.1 Å². The molecule has 1 aromatic carbocycles. The van der Waals surface area contributed by atoms with Crippen molar-refractivity contribution in [1.29, 1.82) is 0 Å². The van der Waals surface area contributed by atoms with Crippen molar-refractivity contribution in [3.63, 3.8) is 0 Å². The second-order valence-electron chi connectivity index (χ2n) is 9.32. The fourth-order valence-electron chi connectivity index (χ4n) is 4.74. The normalized spacial score (nSPS) is 18.1. The van der Waals surface area contributed by atoms with Crippen LogP contribution in [-0.4, -0.2) is 71.1 Å². The van der Waals surface area contributed by atoms with E-state index in [1.807, 2.05) is 4.68 Å². The lowest BCUT2D eigenvalue weighted by molar-refractivity contribution is -0.120. The number of anilines is 1. The van der Waals surface area contributed by atoms with E-state index in [2.05, 4.69) is 17.2 Å². The van der Waals surface area contributed by atoms with Crippen LogP contribution in [0.15, 0.2) is 35.4 Å². The number of ketones is 1. The molecule has 0 amide bonds. The van der Waals surface area contributed by atoms with Crippen LogP contribution < -0.4 is 5.32 Å². The molecule has 2 fully saturated rings. The standard InChI is InChI=1S/C25H32N6O4S/c1-2-3-12-26-25-27-17-22-23(29-31(24(22)28-25)19-6-8-20(32)9-7-19)18-4-10-21(11-5-18)36(33,34)30-13-15-35-16-14-30/h4-5,10-11,17,19H,2-3,6-9,12-16H2,1H3,(H,26,27,28). The summed E-state index contributed by atoms with van der Waals surface area (Å²) in [5.74, 6) is 0.846. The Hall–Kier alpha value is -2.89. The van der Waals surface area contributed by atoms with Crippen molar-refractivity contribution in [2.24, 2.45) is 0 Å². The molecule has 2 aliphatic rings. The van der Waals surface area contributed by atoms with Crippen molar-refractivity contribution in [3.05, 3.63) is 30.5 Å². The monoisotopic (exact) mass is 512 g/mol. The zero-order valence-electron chi connectivity index (χ0n) is 20.5. The summed E-state index contributed by atoms with van der Waals surface area (Å²) in [6, 6.07) is 6.92. The number of hydrogen-bond donors (Lipinski definition) is 1. The van der Waals surface area contributed by atoms with Gasteiger partial charge in [-0.25, -0.2) is 18.1 Å². The zero-order valence-corrected chi connectivity index (χ0v) is 21.3. The van der Waals surface area contributed by atoms with E-state index in [0.717, 1.165) is 48.8 Å². The Bertz CT molecular complexity index is 1320. The van der Waals surface area contributed by atoms with Crippen molar-refractivity contribution >= 4 is 32.8 Å². The Balaban J connectivity index is 1.49. The number of nitrogens with zero attached hydrogens (tertiary/aromatic N) is 5. The number of carbonyl (C=O) groups is 1. The fourth-order valence-corrected chi connectivity index (χ4v) is 6.15. The Morgan fingerprint density at radius 3 is 2.53 bits per heavy atom. The molecule has 11 heteroatoms. The molecule has 0 unspecified atom stereocenters. The summed E-state index contributed by atoms with van der Waals surface area (Å²) in [5.41, 5.74) is 2.22. The number of sulfonamides is 1. The zero-order chi connectivity index (χ0) is 25.1. The van der Waals surface area contributed by atoms with E-state index in [0.29, 0.717) is 50.8 Å². The Morgan fingerprint density at radius 1 is 1.11 bits per heavy atom. The summed E-state index contributed by atoms with van der Waals surface area (Å²) in [7, 11) is -3.57. The van der Waals surface area contributed by atoms with Crippen LogP contribution in [-0.2, 0) is 19.6 Å². The van der Waals surface area contributed by atoms with Crippen molar-refractivity contribution < 1.29 is 17.9 Å². The van der Waals surface area contributed by atoms with Crippen LogP contribution in [0.25, 0.3) is 22.3 Å². The topological polar surface area (TPSA) is 119 Å². The van der Waals surface area contributed by atoms with Gasteiger partial charge in [-0.2, -0.15) is 14.4 Å². The molecule has 0 bridgehead atoms. The predicted octanol–water partition coefficient (Wildman–Crippen LogP) is 3.41. The third kappa shape index (κ3) is 5.00. The molecule has 3 heterocycles. The minimum absolute atomic E-state index is 0.0818. The number of nitrogens with one attached hydrogen (secondary N) is 1. The highest BCUT2D eigenvalue weighted by molar-refractivity contribution is 7.89. The first-order chi connectivity index (χ1) is 17.5. The molecule has 0 atom stereocenters. The third-order valence-corrected chi connectivity index (χ3v) is 8.77. The third-order valence-electron chi connectivity index (χ3n) is 6.86. The van der Waals surface area contributed by atoms with Crippen LogP contribution in [0.2, 0.25) is 0 Å². The summed E-state index contributed by atoms with van der Waals surface area (Å²) in [6.45, 7) is 4.45. The minimum atomic E-state index is -3.57. The quantitative estimate of drug-likeness (QED) is 0.456. The molecule has 1 N–H and O–H groups in total. The molecule has 36 heavy (non-hydrogen) atoms. The van der Waals surface area contributed by atoms with Crippen LogP contribution in [0.1, 0.15) is 51.5 Å². The van der Waals surface area contributed by atoms with E-state index < -0.39 is 10.0 Å². The van der Waals surface area contributed by atoms with E-state index in [1.165, 1.54) is 4.31 Å². The molecule has 0 spiro atoms. The van der Waals surface area contributed by atoms with Crippen molar-refractivity contribution in [2.75, 3.05) is 38.2 Å². The second kappa shape index (κ2) is 10.6. The molecule has 3 aromatic rings. The van der Waals surface area contributed by atoms with Gasteiger partial charge in [0.05, 0.1) is 29.5 Å². The Morgan fingerprint density at radius 2 is 1.83 bits per heavy atom. The number of rotatable bonds is 8. The Labute approximate surface area is 211 Å². The number of Topliss-reactive ketones (excluding diaryl/α,β-unsaturated/α-hetero) is 1. The molecule has 10 nitrogen and oxygen atoms in total. The maximum atomic E-state index is 13.0. The lowest BCUT2D eigenvalue weighted by Crippen LogP contribution is -2.40. The first kappa shape index (κ1) is 24.8. The number of carbonyl (C=O) groups excluding carboxylic acids is 1. The molecule has 5 rings (SSSR count). The van der Waals surface area contributed by atoms with Gasteiger partial charge in [0.1, 0.15) is 11.5 Å². The maximum Gasteiger partial charge on any atom is 0.243 e. The smallest absolute Gasteiger partial charge is 0.243 e. The van der Waals surface area contributed by atoms with Gasteiger partial charge in [0, 0.05) is 44.2 Å². The van der Waals surface area contributed by atoms with Crippen molar-refractivity contribution in [3.8, 4) is 11.3 Å². The second-order valence-corrected chi connectivity index (χ2v) is 11.3. The predicted molar refractivity (Wildman–Crippen MR) is 136 cm³/mol. The highest BCUT2D eigenvalue weighted by Crippen LogP contribution is 2.34. The first-order valence-corrected chi connectivity index (χ1v) is 14.1. The van der Waals surface area contributed by atoms with E-state index in [9.17, 15) is 13.2 Å². The van der Waals surface area contributed by atoms with Gasteiger partial charge in [0.2, 0.25) is 16.0 Å². The highest BCUT2D eigenvalue weighted by Gasteiger charge is 2.28. The van der Waals surface area contributed by atoms with Gasteiger partial charge in [-0.1, -0.05) is 25.5 Å². The molecule has 1 saturated carbocycles. The van der Waals surface area contributed by atoms with Crippen molar-refractivity contribution in [2.45, 2.75) is 56.4 Å². The lowest BCUT2D eigenvalue weighted by Gasteiger charge is -2.26. The number of benzene rings is 1. The van der Waals surface area contributed by atoms with E-state index in [4.69, 9.17) is 14.8 Å². The van der Waals surface area contributed by atoms with Crippen LogP contribution >= 0.6 is 0 Å². The summed E-state index contributed by atoms with van der Waals surface area (Å²) < 4.78 is 34.7. The van der Waals surface area contributed by atoms with Crippen LogP contribution in [0.5, 0.6) is 0 Å². The van der Waals surface area contributed by atoms with Crippen LogP contribution in [0, 0.1) is 0 Å². The minimum Gasteiger partial charge on any atom is -0.379 e. The van der Waals surface area contributed by atoms with Crippen molar-refractivity contribution in [1.82, 2.24) is 24.1 Å². The van der Waals surface area contributed by atoms with E-state index in [-0.39, 0.29) is 16.7 Å². The number of fused-ring (bicyclic) bond motifs is 1. The highest BCUT2D eigenvalue weighted by atomic mass is 32.2.